The Hall–Kier alpha value is -2.03. The second kappa shape index (κ2) is 7.78. The van der Waals surface area contributed by atoms with E-state index in [1.165, 1.54) is 4.90 Å². The van der Waals surface area contributed by atoms with Crippen LogP contribution in [0, 0.1) is 0 Å². The van der Waals surface area contributed by atoms with E-state index in [9.17, 15) is 19.5 Å². The highest BCUT2D eigenvalue weighted by atomic mass is 28.4. The summed E-state index contributed by atoms with van der Waals surface area (Å²) in [4.78, 5) is 39.8. The van der Waals surface area contributed by atoms with Crippen LogP contribution in [0.4, 0.5) is 4.79 Å². The van der Waals surface area contributed by atoms with Gasteiger partial charge < -0.3 is 14.3 Å². The van der Waals surface area contributed by atoms with Crippen LogP contribution in [-0.4, -0.2) is 66.4 Å². The van der Waals surface area contributed by atoms with E-state index in [-0.39, 0.29) is 40.5 Å². The Morgan fingerprint density at radius 3 is 2.00 bits per heavy atom. The van der Waals surface area contributed by atoms with Crippen LogP contribution in [0.25, 0.3) is 0 Å². The maximum atomic E-state index is 13.0. The van der Waals surface area contributed by atoms with E-state index in [4.69, 9.17) is 4.43 Å². The van der Waals surface area contributed by atoms with Gasteiger partial charge in [0.1, 0.15) is 18.7 Å². The standard InChI is InChI=1S/C24H36N2O5Si/c1-23(2,3)26(22(29)30)15-17(31-32(7,8)24(4,5)6)13-16(26)14-25-20(27)18-11-9-10-12-19(18)21(25)28/h9-12,16-17H,13-15H2,1-8H3/t16-,17+,26?/m1/s1. The predicted octanol–water partition coefficient (Wildman–Crippen LogP) is 3.40. The minimum Gasteiger partial charge on any atom is -0.498 e. The van der Waals surface area contributed by atoms with Crippen LogP contribution in [0.1, 0.15) is 68.7 Å². The molecule has 3 rings (SSSR count). The molecule has 0 aliphatic carbocycles. The van der Waals surface area contributed by atoms with Crippen molar-refractivity contribution in [2.75, 3.05) is 13.1 Å². The van der Waals surface area contributed by atoms with Crippen molar-refractivity contribution in [3.63, 3.8) is 0 Å². The van der Waals surface area contributed by atoms with Gasteiger partial charge in [-0.1, -0.05) is 32.9 Å². The van der Waals surface area contributed by atoms with Crippen LogP contribution in [0.3, 0.4) is 0 Å². The zero-order chi connectivity index (χ0) is 24.3. The highest BCUT2D eigenvalue weighted by molar-refractivity contribution is 6.74. The van der Waals surface area contributed by atoms with E-state index in [1.807, 2.05) is 20.8 Å². The van der Waals surface area contributed by atoms with E-state index in [0.29, 0.717) is 17.5 Å². The summed E-state index contributed by atoms with van der Waals surface area (Å²) in [5.41, 5.74) is 0.0343. The molecule has 1 aromatic carbocycles. The van der Waals surface area contributed by atoms with Crippen molar-refractivity contribution in [3.05, 3.63) is 35.4 Å². The number of hydrogen-bond donors (Lipinski definition) is 0. The van der Waals surface area contributed by atoms with Crippen molar-refractivity contribution in [3.8, 4) is 0 Å². The number of likely N-dealkylation sites (tertiary alicyclic amines) is 1. The lowest BCUT2D eigenvalue weighted by Gasteiger charge is -2.49. The molecule has 2 aliphatic heterocycles. The number of carboxylic acid groups (broad SMARTS) is 1. The highest BCUT2D eigenvalue weighted by Gasteiger charge is 2.58. The summed E-state index contributed by atoms with van der Waals surface area (Å²) >= 11 is 0. The first-order chi connectivity index (χ1) is 14.5. The number of hydrogen-bond acceptors (Lipinski definition) is 5. The molecule has 2 aliphatic rings. The molecule has 3 atom stereocenters. The van der Waals surface area contributed by atoms with Gasteiger partial charge in [0, 0.05) is 6.42 Å². The van der Waals surface area contributed by atoms with Crippen LogP contribution in [0.5, 0.6) is 0 Å². The van der Waals surface area contributed by atoms with Gasteiger partial charge in [-0.2, -0.15) is 0 Å². The molecule has 3 amide bonds. The normalized spacial score (nSPS) is 26.6. The molecule has 2 heterocycles. The van der Waals surface area contributed by atoms with E-state index in [0.717, 1.165) is 0 Å². The van der Waals surface area contributed by atoms with Crippen LogP contribution in [0.2, 0.25) is 18.1 Å². The molecule has 0 N–H and O–H groups in total. The first-order valence-electron chi connectivity index (χ1n) is 11.3. The van der Waals surface area contributed by atoms with Crippen LogP contribution in [-0.2, 0) is 4.43 Å². The second-order valence-electron chi connectivity index (χ2n) is 11.6. The lowest BCUT2D eigenvalue weighted by Crippen LogP contribution is -2.71. The fourth-order valence-corrected chi connectivity index (χ4v) is 6.21. The van der Waals surface area contributed by atoms with Gasteiger partial charge in [0.2, 0.25) is 0 Å². The fourth-order valence-electron chi connectivity index (χ4n) is 4.86. The predicted molar refractivity (Wildman–Crippen MR) is 123 cm³/mol. The molecule has 176 valence electrons. The van der Waals surface area contributed by atoms with Crippen LogP contribution < -0.4 is 5.11 Å². The molecule has 0 saturated carbocycles. The van der Waals surface area contributed by atoms with Crippen molar-refractivity contribution in [2.24, 2.45) is 0 Å². The Morgan fingerprint density at radius 1 is 1.09 bits per heavy atom. The summed E-state index contributed by atoms with van der Waals surface area (Å²) in [7, 11) is -2.15. The number of quaternary nitrogens is 1. The smallest absolute Gasteiger partial charge is 0.261 e. The monoisotopic (exact) mass is 460 g/mol. The zero-order valence-corrected chi connectivity index (χ0v) is 21.5. The third-order valence-electron chi connectivity index (χ3n) is 7.71. The summed E-state index contributed by atoms with van der Waals surface area (Å²) in [6.07, 6.45) is -1.03. The average Bonchev–Trinajstić information content (AvgIpc) is 3.12. The summed E-state index contributed by atoms with van der Waals surface area (Å²) in [6, 6.07) is 6.21. The largest absolute Gasteiger partial charge is 0.498 e. The average molecular weight is 461 g/mol. The minimum absolute atomic E-state index is 0.0213. The SMILES string of the molecule is CC(C)(C)[N+]1(C(=O)[O-])C[C@@H](O[Si](C)(C)C(C)(C)C)C[C@@H]1CN1C(=O)c2ccccc2C1=O. The van der Waals surface area contributed by atoms with Gasteiger partial charge in [-0.15, -0.1) is 0 Å². The molecule has 1 fully saturated rings. The Bertz CT molecular complexity index is 911. The molecular formula is C24H36N2O5Si. The van der Waals surface area contributed by atoms with Gasteiger partial charge in [0.25, 0.3) is 17.9 Å². The van der Waals surface area contributed by atoms with Gasteiger partial charge in [0.05, 0.1) is 23.2 Å². The second-order valence-corrected chi connectivity index (χ2v) is 16.4. The lowest BCUT2D eigenvalue weighted by molar-refractivity contribution is -0.930. The number of carbonyl (C=O) groups is 3. The third kappa shape index (κ3) is 3.82. The molecule has 0 spiro atoms. The third-order valence-corrected chi connectivity index (χ3v) is 12.2. The van der Waals surface area contributed by atoms with E-state index in [1.54, 1.807) is 24.3 Å². The highest BCUT2D eigenvalue weighted by Crippen LogP contribution is 2.43. The molecule has 1 unspecified atom stereocenters. The van der Waals surface area contributed by atoms with Crippen molar-refractivity contribution in [2.45, 2.75) is 83.8 Å². The Labute approximate surface area is 192 Å². The first kappa shape index (κ1) is 24.6. The van der Waals surface area contributed by atoms with Gasteiger partial charge >= 0.3 is 0 Å². The van der Waals surface area contributed by atoms with Gasteiger partial charge in [-0.05, 0) is 51.0 Å². The van der Waals surface area contributed by atoms with E-state index < -0.39 is 26.0 Å². The van der Waals surface area contributed by atoms with E-state index in [2.05, 4.69) is 33.9 Å². The molecule has 8 heteroatoms. The topological polar surface area (TPSA) is 86.7 Å². The number of fused-ring (bicyclic) bond motifs is 1. The molecule has 32 heavy (non-hydrogen) atoms. The Morgan fingerprint density at radius 2 is 1.59 bits per heavy atom. The molecule has 1 aromatic rings. The summed E-state index contributed by atoms with van der Waals surface area (Å²) in [6.45, 7) is 16.6. The van der Waals surface area contributed by atoms with Gasteiger partial charge in [0.15, 0.2) is 8.32 Å². The molecular weight excluding hydrogens is 424 g/mol. The maximum Gasteiger partial charge on any atom is 0.261 e. The number of imide groups is 1. The number of benzene rings is 1. The van der Waals surface area contributed by atoms with Crippen molar-refractivity contribution < 1.29 is 28.4 Å². The van der Waals surface area contributed by atoms with E-state index >= 15 is 0 Å². The van der Waals surface area contributed by atoms with Crippen molar-refractivity contribution >= 4 is 26.2 Å². The summed E-state index contributed by atoms with van der Waals surface area (Å²) in [5, 5.41) is 12.7. The number of nitrogens with zero attached hydrogens (tertiary/aromatic N) is 2. The van der Waals surface area contributed by atoms with Crippen molar-refractivity contribution in [1.82, 2.24) is 4.90 Å². The molecule has 0 bridgehead atoms. The van der Waals surface area contributed by atoms with Crippen LogP contribution in [0.15, 0.2) is 24.3 Å². The fraction of sp³-hybridized carbons (Fsp3) is 0.625. The summed E-state index contributed by atoms with van der Waals surface area (Å²) < 4.78 is 6.27. The lowest BCUT2D eigenvalue weighted by atomic mass is 9.99. The molecule has 1 saturated heterocycles. The zero-order valence-electron chi connectivity index (χ0n) is 20.5. The van der Waals surface area contributed by atoms with Gasteiger partial charge in [-0.3, -0.25) is 19.0 Å². The molecule has 0 aromatic heterocycles. The maximum absolute atomic E-state index is 13.0. The first-order valence-corrected chi connectivity index (χ1v) is 14.2. The quantitative estimate of drug-likeness (QED) is 0.390. The molecule has 7 nitrogen and oxygen atoms in total. The molecule has 0 radical (unpaired) electrons. The van der Waals surface area contributed by atoms with Crippen LogP contribution >= 0.6 is 0 Å². The summed E-state index contributed by atoms with van der Waals surface area (Å²) in [5.74, 6) is -0.741. The Kier molecular flexibility index (Phi) is 5.98. The van der Waals surface area contributed by atoms with Gasteiger partial charge in [-0.25, -0.2) is 0 Å². The Balaban J connectivity index is 1.96. The number of carbonyl (C=O) groups excluding carboxylic acids is 3. The number of amides is 3. The van der Waals surface area contributed by atoms with Crippen molar-refractivity contribution in [1.29, 1.82) is 0 Å². The minimum atomic E-state index is -2.15. The number of rotatable bonds is 4.